The standard InChI is InChI=1S/C14H20FN3O4S2/c1-13(2,3)22-12(19)16-11-17-14(4,8-24(20,21)18(11)5)10-9(15)6-7-23-10/h6-7H,8H2,1-5H3,(H,16,17,19). The molecule has 0 aliphatic carbocycles. The van der Waals surface area contributed by atoms with E-state index in [2.05, 4.69) is 10.3 Å². The monoisotopic (exact) mass is 377 g/mol. The van der Waals surface area contributed by atoms with E-state index in [1.54, 1.807) is 20.8 Å². The number of nitrogens with one attached hydrogen (secondary N) is 1. The summed E-state index contributed by atoms with van der Waals surface area (Å²) < 4.78 is 44.8. The fourth-order valence-electron chi connectivity index (χ4n) is 2.22. The first-order valence-electron chi connectivity index (χ1n) is 7.14. The van der Waals surface area contributed by atoms with E-state index >= 15 is 0 Å². The van der Waals surface area contributed by atoms with Crippen molar-refractivity contribution < 1.29 is 22.3 Å². The second-order valence-corrected chi connectivity index (χ2v) is 9.57. The van der Waals surface area contributed by atoms with Gasteiger partial charge >= 0.3 is 6.09 Å². The minimum Gasteiger partial charge on any atom is -0.444 e. The van der Waals surface area contributed by atoms with Crippen LogP contribution in [0, 0.1) is 5.82 Å². The molecule has 0 radical (unpaired) electrons. The highest BCUT2D eigenvalue weighted by Crippen LogP contribution is 2.36. The fourth-order valence-corrected chi connectivity index (χ4v) is 4.65. The maximum absolute atomic E-state index is 14.0. The summed E-state index contributed by atoms with van der Waals surface area (Å²) >= 11 is 1.08. The molecule has 0 saturated heterocycles. The molecule has 0 bridgehead atoms. The molecule has 1 N–H and O–H groups in total. The number of carbonyl (C=O) groups excluding carboxylic acids is 1. The number of hydrogen-bond donors (Lipinski definition) is 1. The zero-order valence-electron chi connectivity index (χ0n) is 14.1. The van der Waals surface area contributed by atoms with Gasteiger partial charge in [-0.1, -0.05) is 0 Å². The van der Waals surface area contributed by atoms with Crippen molar-refractivity contribution in [3.8, 4) is 0 Å². The number of halogens is 1. The number of nitrogens with zero attached hydrogens (tertiary/aromatic N) is 2. The van der Waals surface area contributed by atoms with Gasteiger partial charge in [0.15, 0.2) is 0 Å². The Bertz CT molecular complexity index is 782. The quantitative estimate of drug-likeness (QED) is 0.813. The molecule has 0 saturated carbocycles. The van der Waals surface area contributed by atoms with E-state index in [1.165, 1.54) is 25.4 Å². The van der Waals surface area contributed by atoms with Crippen LogP contribution < -0.4 is 5.32 Å². The number of ether oxygens (including phenoxy) is 1. The van der Waals surface area contributed by atoms with Gasteiger partial charge in [0, 0.05) is 7.05 Å². The van der Waals surface area contributed by atoms with Crippen LogP contribution in [-0.4, -0.2) is 43.2 Å². The maximum Gasteiger partial charge on any atom is 0.414 e. The largest absolute Gasteiger partial charge is 0.444 e. The number of sulfonamides is 1. The number of thiophene rings is 1. The van der Waals surface area contributed by atoms with E-state index in [4.69, 9.17) is 4.74 Å². The van der Waals surface area contributed by atoms with Crippen molar-refractivity contribution in [3.63, 3.8) is 0 Å². The van der Waals surface area contributed by atoms with Crippen LogP contribution in [0.15, 0.2) is 16.4 Å². The molecule has 10 heteroatoms. The van der Waals surface area contributed by atoms with Crippen LogP contribution in [0.1, 0.15) is 32.6 Å². The van der Waals surface area contributed by atoms with Gasteiger partial charge in [0.05, 0.1) is 10.6 Å². The molecule has 1 aromatic rings. The SMILES string of the molecule is CN1C(NC(=O)OC(C)(C)C)=NC(C)(c2sccc2F)CS1(=O)=O. The molecule has 1 amide bonds. The van der Waals surface area contributed by atoms with Crippen molar-refractivity contribution >= 4 is 33.4 Å². The Hall–Kier alpha value is -1.68. The molecule has 1 aliphatic rings. The van der Waals surface area contributed by atoms with Gasteiger partial charge in [-0.05, 0) is 39.1 Å². The van der Waals surface area contributed by atoms with Gasteiger partial charge in [-0.2, -0.15) is 0 Å². The van der Waals surface area contributed by atoms with Crippen molar-refractivity contribution in [1.29, 1.82) is 0 Å². The summed E-state index contributed by atoms with van der Waals surface area (Å²) in [7, 11) is -2.50. The van der Waals surface area contributed by atoms with Gasteiger partial charge in [-0.3, -0.25) is 5.32 Å². The van der Waals surface area contributed by atoms with E-state index in [1.807, 2.05) is 0 Å². The van der Waals surface area contributed by atoms with Gasteiger partial charge in [-0.25, -0.2) is 26.9 Å². The van der Waals surface area contributed by atoms with Gasteiger partial charge in [0.2, 0.25) is 16.0 Å². The Morgan fingerprint density at radius 1 is 1.50 bits per heavy atom. The van der Waals surface area contributed by atoms with Gasteiger partial charge in [0.1, 0.15) is 17.0 Å². The molecule has 1 aromatic heterocycles. The minimum absolute atomic E-state index is 0.197. The van der Waals surface area contributed by atoms with Crippen molar-refractivity contribution in [2.45, 2.75) is 38.8 Å². The van der Waals surface area contributed by atoms with Crippen molar-refractivity contribution in [3.05, 3.63) is 22.1 Å². The number of rotatable bonds is 1. The molecular weight excluding hydrogens is 357 g/mol. The third kappa shape index (κ3) is 3.86. The number of carbonyl (C=O) groups is 1. The zero-order chi connectivity index (χ0) is 18.3. The third-order valence-corrected chi connectivity index (χ3v) is 6.33. The zero-order valence-corrected chi connectivity index (χ0v) is 15.7. The average molecular weight is 377 g/mol. The maximum atomic E-state index is 14.0. The van der Waals surface area contributed by atoms with Gasteiger partial charge in [-0.15, -0.1) is 11.3 Å². The van der Waals surface area contributed by atoms with E-state index in [0.29, 0.717) is 0 Å². The number of amides is 1. The summed E-state index contributed by atoms with van der Waals surface area (Å²) in [5.41, 5.74) is -2.08. The molecule has 1 aliphatic heterocycles. The normalized spacial score (nSPS) is 23.6. The van der Waals surface area contributed by atoms with Crippen molar-refractivity contribution in [1.82, 2.24) is 9.62 Å². The van der Waals surface area contributed by atoms with Crippen LogP contribution in [0.5, 0.6) is 0 Å². The summed E-state index contributed by atoms with van der Waals surface area (Å²) in [5.74, 6) is -1.12. The summed E-state index contributed by atoms with van der Waals surface area (Å²) in [5, 5.41) is 3.86. The first kappa shape index (κ1) is 18.7. The predicted octanol–water partition coefficient (Wildman–Crippen LogP) is 2.26. The van der Waals surface area contributed by atoms with Gasteiger partial charge < -0.3 is 4.74 Å². The summed E-state index contributed by atoms with van der Waals surface area (Å²) in [6.45, 7) is 6.56. The highest BCUT2D eigenvalue weighted by atomic mass is 32.2. The second-order valence-electron chi connectivity index (χ2n) is 6.66. The number of hydrogen-bond acceptors (Lipinski definition) is 6. The summed E-state index contributed by atoms with van der Waals surface area (Å²) in [6, 6.07) is 1.26. The lowest BCUT2D eigenvalue weighted by Gasteiger charge is -2.35. The van der Waals surface area contributed by atoms with Crippen LogP contribution >= 0.6 is 11.3 Å². The van der Waals surface area contributed by atoms with Crippen LogP contribution in [-0.2, 0) is 20.3 Å². The highest BCUT2D eigenvalue weighted by Gasteiger charge is 2.43. The Balaban J connectivity index is 2.41. The third-order valence-electron chi connectivity index (χ3n) is 3.25. The molecule has 1 atom stereocenters. The summed E-state index contributed by atoms with van der Waals surface area (Å²) in [6.07, 6.45) is -0.834. The average Bonchev–Trinajstić information content (AvgIpc) is 2.79. The lowest BCUT2D eigenvalue weighted by Crippen LogP contribution is -2.54. The minimum atomic E-state index is -3.78. The first-order valence-corrected chi connectivity index (χ1v) is 9.63. The molecule has 2 rings (SSSR count). The number of aliphatic imine (C=N–C) groups is 1. The smallest absolute Gasteiger partial charge is 0.414 e. The van der Waals surface area contributed by atoms with E-state index in [0.717, 1.165) is 15.6 Å². The number of alkyl carbamates (subject to hydrolysis) is 1. The van der Waals surface area contributed by atoms with Crippen LogP contribution in [0.25, 0.3) is 0 Å². The molecule has 0 fully saturated rings. The second kappa shape index (κ2) is 5.99. The summed E-state index contributed by atoms with van der Waals surface area (Å²) in [4.78, 5) is 16.4. The molecule has 0 spiro atoms. The van der Waals surface area contributed by atoms with Crippen LogP contribution in [0.2, 0.25) is 0 Å². The Morgan fingerprint density at radius 2 is 2.12 bits per heavy atom. The van der Waals surface area contributed by atoms with Gasteiger partial charge in [0.25, 0.3) is 0 Å². The van der Waals surface area contributed by atoms with Crippen molar-refractivity contribution in [2.75, 3.05) is 12.8 Å². The van der Waals surface area contributed by atoms with Crippen LogP contribution in [0.3, 0.4) is 0 Å². The van der Waals surface area contributed by atoms with Crippen LogP contribution in [0.4, 0.5) is 9.18 Å². The predicted molar refractivity (Wildman–Crippen MR) is 90.0 cm³/mol. The molecule has 24 heavy (non-hydrogen) atoms. The molecule has 2 heterocycles. The first-order chi connectivity index (χ1) is 10.8. The lowest BCUT2D eigenvalue weighted by atomic mass is 10.0. The lowest BCUT2D eigenvalue weighted by molar-refractivity contribution is 0.0559. The van der Waals surface area contributed by atoms with Crippen molar-refractivity contribution in [2.24, 2.45) is 4.99 Å². The molecular formula is C14H20FN3O4S2. The highest BCUT2D eigenvalue weighted by molar-refractivity contribution is 7.89. The Morgan fingerprint density at radius 3 is 2.62 bits per heavy atom. The van der Waals surface area contributed by atoms with E-state index < -0.39 is 38.8 Å². The molecule has 1 unspecified atom stereocenters. The molecule has 0 aromatic carbocycles. The van der Waals surface area contributed by atoms with E-state index in [9.17, 15) is 17.6 Å². The molecule has 7 nitrogen and oxygen atoms in total. The Kier molecular flexibility index (Phi) is 4.66. The molecule has 134 valence electrons. The van der Waals surface area contributed by atoms with E-state index in [-0.39, 0.29) is 10.8 Å². The fraction of sp³-hybridized carbons (Fsp3) is 0.571. The Labute approximate surface area is 144 Å². The number of guanidine groups is 1. The topological polar surface area (TPSA) is 88.1 Å².